The number of nitrogens with one attached hydrogen (secondary N) is 2. The van der Waals surface area contributed by atoms with Crippen LogP contribution in [0.1, 0.15) is 41.4 Å². The van der Waals surface area contributed by atoms with Crippen LogP contribution in [0.5, 0.6) is 0 Å². The Labute approximate surface area is 169 Å². The van der Waals surface area contributed by atoms with E-state index in [1.54, 1.807) is 12.1 Å². The summed E-state index contributed by atoms with van der Waals surface area (Å²) in [5.74, 6) is -0.630. The molecule has 8 heteroatoms. The van der Waals surface area contributed by atoms with Crippen molar-refractivity contribution in [2.45, 2.75) is 32.6 Å². The fourth-order valence-electron chi connectivity index (χ4n) is 2.89. The Morgan fingerprint density at radius 3 is 2.64 bits per heavy atom. The molecule has 2 heterocycles. The predicted molar refractivity (Wildman–Crippen MR) is 110 cm³/mol. The third-order valence-corrected chi connectivity index (χ3v) is 5.46. The van der Waals surface area contributed by atoms with Gasteiger partial charge in [0.25, 0.3) is 5.91 Å². The Hall–Kier alpha value is -2.45. The molecular weight excluding hydrogens is 376 g/mol. The smallest absolute Gasteiger partial charge is 0.269 e. The zero-order valence-electron chi connectivity index (χ0n) is 16.1. The number of carbonyl (C=O) groups is 2. The number of thiazole rings is 1. The van der Waals surface area contributed by atoms with Gasteiger partial charge in [0.15, 0.2) is 5.13 Å². The molecular formula is C20H26N4O3S. The van der Waals surface area contributed by atoms with Gasteiger partial charge in [-0.15, -0.1) is 11.3 Å². The van der Waals surface area contributed by atoms with Gasteiger partial charge in [0.05, 0.1) is 25.3 Å². The number of benzene rings is 1. The molecule has 3 rings (SSSR count). The Morgan fingerprint density at radius 1 is 1.18 bits per heavy atom. The molecule has 0 bridgehead atoms. The van der Waals surface area contributed by atoms with Crippen molar-refractivity contribution >= 4 is 28.3 Å². The number of unbranched alkanes of at least 4 members (excludes halogenated alkanes) is 1. The van der Waals surface area contributed by atoms with Crippen molar-refractivity contribution in [1.29, 1.82) is 0 Å². The lowest BCUT2D eigenvalue weighted by atomic mass is 10.1. The number of aryl methyl sites for hydroxylation is 1. The van der Waals surface area contributed by atoms with Crippen molar-refractivity contribution in [3.63, 3.8) is 0 Å². The number of ether oxygens (including phenoxy) is 1. The summed E-state index contributed by atoms with van der Waals surface area (Å²) < 4.78 is 5.34. The number of nitrogens with zero attached hydrogens (tertiary/aromatic N) is 2. The molecule has 2 aromatic rings. The van der Waals surface area contributed by atoms with Gasteiger partial charge in [-0.1, -0.05) is 25.5 Å². The van der Waals surface area contributed by atoms with Crippen LogP contribution >= 0.6 is 11.3 Å². The average Bonchev–Trinajstić information content (AvgIpc) is 3.20. The molecule has 150 valence electrons. The van der Waals surface area contributed by atoms with Gasteiger partial charge in [-0.05, 0) is 30.5 Å². The Bertz CT molecular complexity index is 785. The molecule has 0 spiro atoms. The highest BCUT2D eigenvalue weighted by atomic mass is 32.1. The molecule has 0 unspecified atom stereocenters. The van der Waals surface area contributed by atoms with Crippen LogP contribution < -0.4 is 15.8 Å². The minimum Gasteiger partial charge on any atom is -0.378 e. The number of carbonyl (C=O) groups excluding carboxylic acids is 2. The number of hydrogen-bond acceptors (Lipinski definition) is 6. The van der Waals surface area contributed by atoms with Crippen LogP contribution in [0.4, 0.5) is 5.13 Å². The standard InChI is InChI=1S/C20H26N4O3S/c1-2-3-4-15-5-7-16(8-6-15)19(26)23-22-18(25)13-17-14-28-20(21-17)24-9-11-27-12-10-24/h5-8,14H,2-4,9-13H2,1H3,(H,22,25)(H,23,26). The SMILES string of the molecule is CCCCc1ccc(C(=O)NNC(=O)Cc2csc(N3CCOCC3)n2)cc1. The first-order chi connectivity index (χ1) is 13.7. The zero-order valence-corrected chi connectivity index (χ0v) is 16.9. The Morgan fingerprint density at radius 2 is 1.93 bits per heavy atom. The fourth-order valence-corrected chi connectivity index (χ4v) is 3.77. The topological polar surface area (TPSA) is 83.6 Å². The molecule has 1 fully saturated rings. The number of hydrazine groups is 1. The van der Waals surface area contributed by atoms with Crippen LogP contribution in [0.25, 0.3) is 0 Å². The molecule has 1 aromatic carbocycles. The Kier molecular flexibility index (Phi) is 7.39. The van der Waals surface area contributed by atoms with E-state index in [4.69, 9.17) is 4.74 Å². The molecule has 1 aliphatic heterocycles. The van der Waals surface area contributed by atoms with E-state index in [9.17, 15) is 9.59 Å². The van der Waals surface area contributed by atoms with Gasteiger partial charge in [0, 0.05) is 24.0 Å². The van der Waals surface area contributed by atoms with Gasteiger partial charge in [0.2, 0.25) is 5.91 Å². The summed E-state index contributed by atoms with van der Waals surface area (Å²) in [6.07, 6.45) is 3.40. The van der Waals surface area contributed by atoms with Gasteiger partial charge < -0.3 is 9.64 Å². The summed E-state index contributed by atoms with van der Waals surface area (Å²) in [6.45, 7) is 5.17. The maximum Gasteiger partial charge on any atom is 0.269 e. The van der Waals surface area contributed by atoms with E-state index in [-0.39, 0.29) is 18.2 Å². The summed E-state index contributed by atoms with van der Waals surface area (Å²) in [7, 11) is 0. The van der Waals surface area contributed by atoms with Crippen LogP contribution in [-0.4, -0.2) is 43.1 Å². The number of morpholine rings is 1. The second-order valence-electron chi connectivity index (χ2n) is 6.70. The van der Waals surface area contributed by atoms with E-state index in [1.165, 1.54) is 16.9 Å². The van der Waals surface area contributed by atoms with Crippen molar-refractivity contribution in [3.8, 4) is 0 Å². The lowest BCUT2D eigenvalue weighted by molar-refractivity contribution is -0.121. The van der Waals surface area contributed by atoms with Crippen LogP contribution in [0.3, 0.4) is 0 Å². The lowest BCUT2D eigenvalue weighted by Crippen LogP contribution is -2.42. The number of rotatable bonds is 7. The molecule has 0 saturated carbocycles. The number of aromatic nitrogens is 1. The summed E-state index contributed by atoms with van der Waals surface area (Å²) in [4.78, 5) is 31.0. The van der Waals surface area contributed by atoms with E-state index in [2.05, 4.69) is 27.7 Å². The number of anilines is 1. The van der Waals surface area contributed by atoms with Crippen LogP contribution in [0, 0.1) is 0 Å². The van der Waals surface area contributed by atoms with Gasteiger partial charge in [-0.25, -0.2) is 4.98 Å². The first-order valence-corrected chi connectivity index (χ1v) is 10.5. The molecule has 1 saturated heterocycles. The number of hydrogen-bond donors (Lipinski definition) is 2. The predicted octanol–water partition coefficient (Wildman–Crippen LogP) is 2.33. The van der Waals surface area contributed by atoms with Gasteiger partial charge in [0.1, 0.15) is 0 Å². The van der Waals surface area contributed by atoms with Gasteiger partial charge >= 0.3 is 0 Å². The highest BCUT2D eigenvalue weighted by Crippen LogP contribution is 2.21. The Balaban J connectivity index is 1.44. The van der Waals surface area contributed by atoms with Crippen molar-refractivity contribution in [3.05, 3.63) is 46.5 Å². The second kappa shape index (κ2) is 10.2. The lowest BCUT2D eigenvalue weighted by Gasteiger charge is -2.26. The molecule has 2 amide bonds. The van der Waals surface area contributed by atoms with E-state index in [1.807, 2.05) is 17.5 Å². The van der Waals surface area contributed by atoms with Crippen molar-refractivity contribution in [2.75, 3.05) is 31.2 Å². The van der Waals surface area contributed by atoms with E-state index in [0.29, 0.717) is 24.5 Å². The van der Waals surface area contributed by atoms with Crippen molar-refractivity contribution in [2.24, 2.45) is 0 Å². The maximum absolute atomic E-state index is 12.2. The first kappa shape index (κ1) is 20.3. The van der Waals surface area contributed by atoms with Gasteiger partial charge in [-0.2, -0.15) is 0 Å². The van der Waals surface area contributed by atoms with E-state index < -0.39 is 0 Å². The minimum absolute atomic E-state index is 0.122. The fraction of sp³-hybridized carbons (Fsp3) is 0.450. The summed E-state index contributed by atoms with van der Waals surface area (Å²) in [5.41, 5.74) is 7.34. The molecule has 1 aliphatic rings. The molecule has 7 nitrogen and oxygen atoms in total. The van der Waals surface area contributed by atoms with Crippen LogP contribution in [0.15, 0.2) is 29.6 Å². The first-order valence-electron chi connectivity index (χ1n) is 9.61. The molecule has 2 N–H and O–H groups in total. The summed E-state index contributed by atoms with van der Waals surface area (Å²) >= 11 is 1.52. The van der Waals surface area contributed by atoms with E-state index in [0.717, 1.165) is 37.5 Å². The number of amides is 2. The van der Waals surface area contributed by atoms with Crippen LogP contribution in [-0.2, 0) is 22.4 Å². The molecule has 1 aromatic heterocycles. The highest BCUT2D eigenvalue weighted by Gasteiger charge is 2.16. The van der Waals surface area contributed by atoms with Gasteiger partial charge in [-0.3, -0.25) is 20.4 Å². The zero-order chi connectivity index (χ0) is 19.8. The molecule has 0 radical (unpaired) electrons. The highest BCUT2D eigenvalue weighted by molar-refractivity contribution is 7.13. The molecule has 0 atom stereocenters. The average molecular weight is 403 g/mol. The summed E-state index contributed by atoms with van der Waals surface area (Å²) in [6, 6.07) is 7.47. The third-order valence-electron chi connectivity index (χ3n) is 4.51. The largest absolute Gasteiger partial charge is 0.378 e. The van der Waals surface area contributed by atoms with Crippen molar-refractivity contribution < 1.29 is 14.3 Å². The van der Waals surface area contributed by atoms with E-state index >= 15 is 0 Å². The van der Waals surface area contributed by atoms with Crippen LogP contribution in [0.2, 0.25) is 0 Å². The molecule has 0 aliphatic carbocycles. The summed E-state index contributed by atoms with van der Waals surface area (Å²) in [5, 5.41) is 2.78. The maximum atomic E-state index is 12.2. The molecule has 28 heavy (non-hydrogen) atoms. The third kappa shape index (κ3) is 5.77. The minimum atomic E-state index is -0.331. The normalized spacial score (nSPS) is 14.0. The quantitative estimate of drug-likeness (QED) is 0.695. The van der Waals surface area contributed by atoms with Crippen molar-refractivity contribution in [1.82, 2.24) is 15.8 Å². The monoisotopic (exact) mass is 402 g/mol. The second-order valence-corrected chi connectivity index (χ2v) is 7.54.